The van der Waals surface area contributed by atoms with Crippen LogP contribution in [-0.4, -0.2) is 67.2 Å². The molecular formula is C20H37N3O3. The molecule has 0 unspecified atom stereocenters. The fourth-order valence-electron chi connectivity index (χ4n) is 3.94. The minimum atomic E-state index is 0.0371. The summed E-state index contributed by atoms with van der Waals surface area (Å²) >= 11 is 0. The Hall–Kier alpha value is -1.30. The molecule has 26 heavy (non-hydrogen) atoms. The number of nitrogens with one attached hydrogen (secondary N) is 1. The van der Waals surface area contributed by atoms with Gasteiger partial charge in [-0.2, -0.15) is 0 Å². The number of piperidine rings is 1. The van der Waals surface area contributed by atoms with Crippen LogP contribution < -0.4 is 5.32 Å². The third kappa shape index (κ3) is 6.45. The minimum Gasteiger partial charge on any atom is -0.378 e. The van der Waals surface area contributed by atoms with Crippen LogP contribution in [0.25, 0.3) is 0 Å². The topological polar surface area (TPSA) is 61.9 Å². The summed E-state index contributed by atoms with van der Waals surface area (Å²) < 4.78 is 5.89. The lowest BCUT2D eigenvalue weighted by molar-refractivity contribution is -0.126. The van der Waals surface area contributed by atoms with Gasteiger partial charge in [0.1, 0.15) is 0 Å². The Bertz CT molecular complexity index is 426. The van der Waals surface area contributed by atoms with Gasteiger partial charge in [0.25, 0.3) is 0 Å². The van der Waals surface area contributed by atoms with Crippen molar-refractivity contribution in [3.8, 4) is 0 Å². The van der Waals surface area contributed by atoms with Crippen LogP contribution in [0, 0.1) is 5.92 Å². The summed E-state index contributed by atoms with van der Waals surface area (Å²) in [5.41, 5.74) is 0. The predicted octanol–water partition coefficient (Wildman–Crippen LogP) is 3.02. The Morgan fingerprint density at radius 1 is 1.04 bits per heavy atom. The summed E-state index contributed by atoms with van der Waals surface area (Å²) in [6.07, 6.45) is 9.14. The van der Waals surface area contributed by atoms with E-state index in [9.17, 15) is 9.59 Å². The molecule has 1 N–H and O–H groups in total. The Kier molecular flexibility index (Phi) is 9.23. The van der Waals surface area contributed by atoms with Gasteiger partial charge in [0.15, 0.2) is 0 Å². The smallest absolute Gasteiger partial charge is 0.319 e. The number of carbonyl (C=O) groups is 2. The van der Waals surface area contributed by atoms with Crippen LogP contribution in [0.3, 0.4) is 0 Å². The van der Waals surface area contributed by atoms with Crippen molar-refractivity contribution in [3.05, 3.63) is 0 Å². The second-order valence-electron chi connectivity index (χ2n) is 7.49. The van der Waals surface area contributed by atoms with Crippen molar-refractivity contribution in [1.29, 1.82) is 0 Å². The van der Waals surface area contributed by atoms with Gasteiger partial charge in [-0.1, -0.05) is 19.3 Å². The lowest BCUT2D eigenvalue weighted by Crippen LogP contribution is -2.48. The van der Waals surface area contributed by atoms with Crippen molar-refractivity contribution in [1.82, 2.24) is 15.1 Å². The number of carbonyl (C=O) groups excluding carboxylic acids is 2. The fourth-order valence-corrected chi connectivity index (χ4v) is 3.94. The van der Waals surface area contributed by atoms with E-state index < -0.39 is 0 Å². The highest BCUT2D eigenvalue weighted by atomic mass is 16.5. The number of nitrogens with zero attached hydrogens (tertiary/aromatic N) is 2. The molecule has 6 nitrogen and oxygen atoms in total. The number of likely N-dealkylation sites (tertiary alicyclic amines) is 1. The van der Waals surface area contributed by atoms with Gasteiger partial charge in [0.2, 0.25) is 5.91 Å². The molecule has 1 saturated heterocycles. The van der Waals surface area contributed by atoms with E-state index in [0.717, 1.165) is 39.0 Å². The van der Waals surface area contributed by atoms with E-state index in [1.807, 2.05) is 23.6 Å². The van der Waals surface area contributed by atoms with Gasteiger partial charge in [-0.05, 0) is 46.0 Å². The maximum Gasteiger partial charge on any atom is 0.319 e. The van der Waals surface area contributed by atoms with Gasteiger partial charge in [-0.3, -0.25) is 4.79 Å². The molecule has 150 valence electrons. The van der Waals surface area contributed by atoms with Crippen LogP contribution in [0.2, 0.25) is 0 Å². The van der Waals surface area contributed by atoms with Crippen LogP contribution in [-0.2, 0) is 9.53 Å². The molecule has 0 bridgehead atoms. The van der Waals surface area contributed by atoms with Crippen LogP contribution in [0.15, 0.2) is 0 Å². The highest BCUT2D eigenvalue weighted by Gasteiger charge is 2.28. The number of rotatable bonds is 8. The highest BCUT2D eigenvalue weighted by molar-refractivity contribution is 5.79. The van der Waals surface area contributed by atoms with E-state index in [4.69, 9.17) is 4.74 Å². The zero-order valence-corrected chi connectivity index (χ0v) is 16.7. The number of urea groups is 1. The minimum absolute atomic E-state index is 0.0371. The van der Waals surface area contributed by atoms with Gasteiger partial charge in [0.05, 0.1) is 6.10 Å². The maximum absolute atomic E-state index is 12.3. The first-order valence-corrected chi connectivity index (χ1v) is 10.6. The predicted molar refractivity (Wildman–Crippen MR) is 103 cm³/mol. The zero-order valence-electron chi connectivity index (χ0n) is 16.7. The highest BCUT2D eigenvalue weighted by Crippen LogP contribution is 2.20. The summed E-state index contributed by atoms with van der Waals surface area (Å²) in [4.78, 5) is 28.4. The third-order valence-electron chi connectivity index (χ3n) is 5.70. The monoisotopic (exact) mass is 367 g/mol. The van der Waals surface area contributed by atoms with E-state index in [1.165, 1.54) is 32.1 Å². The first-order chi connectivity index (χ1) is 12.7. The molecule has 0 radical (unpaired) electrons. The van der Waals surface area contributed by atoms with Crippen LogP contribution in [0.4, 0.5) is 4.79 Å². The van der Waals surface area contributed by atoms with Crippen molar-refractivity contribution >= 4 is 11.9 Å². The molecule has 1 aliphatic heterocycles. The van der Waals surface area contributed by atoms with Crippen molar-refractivity contribution in [2.45, 2.75) is 71.3 Å². The molecule has 0 aromatic rings. The van der Waals surface area contributed by atoms with Crippen LogP contribution in [0.5, 0.6) is 0 Å². The summed E-state index contributed by atoms with van der Waals surface area (Å²) in [7, 11) is 0. The molecule has 2 aliphatic rings. The SMILES string of the molecule is CCN(CC)C(=O)N1CCC(C(=O)NCCCOC2CCCCC2)CC1. The van der Waals surface area contributed by atoms with E-state index in [1.54, 1.807) is 0 Å². The molecule has 0 atom stereocenters. The molecule has 2 rings (SSSR count). The van der Waals surface area contributed by atoms with Gasteiger partial charge in [-0.25, -0.2) is 4.79 Å². The van der Waals surface area contributed by atoms with Crippen LogP contribution >= 0.6 is 0 Å². The largest absolute Gasteiger partial charge is 0.378 e. The van der Waals surface area contributed by atoms with Crippen LogP contribution in [0.1, 0.15) is 65.2 Å². The van der Waals surface area contributed by atoms with Crippen molar-refractivity contribution in [2.24, 2.45) is 5.92 Å². The van der Waals surface area contributed by atoms with Gasteiger partial charge < -0.3 is 19.9 Å². The summed E-state index contributed by atoms with van der Waals surface area (Å²) in [5, 5.41) is 3.05. The normalized spacial score (nSPS) is 19.4. The lowest BCUT2D eigenvalue weighted by Gasteiger charge is -2.34. The number of hydrogen-bond donors (Lipinski definition) is 1. The third-order valence-corrected chi connectivity index (χ3v) is 5.70. The molecule has 0 aromatic heterocycles. The molecular weight excluding hydrogens is 330 g/mol. The number of hydrogen-bond acceptors (Lipinski definition) is 3. The van der Waals surface area contributed by atoms with Crippen molar-refractivity contribution in [2.75, 3.05) is 39.3 Å². The van der Waals surface area contributed by atoms with Gasteiger partial charge in [-0.15, -0.1) is 0 Å². The van der Waals surface area contributed by atoms with E-state index >= 15 is 0 Å². The molecule has 1 saturated carbocycles. The second-order valence-corrected chi connectivity index (χ2v) is 7.49. The van der Waals surface area contributed by atoms with Gasteiger partial charge in [0, 0.05) is 45.2 Å². The maximum atomic E-state index is 12.3. The molecule has 0 spiro atoms. The molecule has 3 amide bonds. The van der Waals surface area contributed by atoms with Gasteiger partial charge >= 0.3 is 6.03 Å². The Balaban J connectivity index is 1.57. The Morgan fingerprint density at radius 2 is 1.69 bits per heavy atom. The van der Waals surface area contributed by atoms with Crippen molar-refractivity contribution in [3.63, 3.8) is 0 Å². The van der Waals surface area contributed by atoms with E-state index in [2.05, 4.69) is 5.32 Å². The van der Waals surface area contributed by atoms with E-state index in [-0.39, 0.29) is 17.9 Å². The Morgan fingerprint density at radius 3 is 2.31 bits per heavy atom. The average Bonchev–Trinajstić information content (AvgIpc) is 2.69. The first kappa shape index (κ1) is 21.0. The number of amides is 3. The summed E-state index contributed by atoms with van der Waals surface area (Å²) in [6.45, 7) is 8.25. The van der Waals surface area contributed by atoms with E-state index in [0.29, 0.717) is 25.7 Å². The second kappa shape index (κ2) is 11.4. The fraction of sp³-hybridized carbons (Fsp3) is 0.900. The quantitative estimate of drug-likeness (QED) is 0.671. The zero-order chi connectivity index (χ0) is 18.8. The molecule has 1 heterocycles. The Labute approximate surface area is 158 Å². The standard InChI is InChI=1S/C20H37N3O3/c1-3-22(4-2)20(25)23-14-11-17(12-15-23)19(24)21-13-8-16-26-18-9-6-5-7-10-18/h17-18H,3-16H2,1-2H3,(H,21,24). The number of ether oxygens (including phenoxy) is 1. The molecule has 0 aromatic carbocycles. The summed E-state index contributed by atoms with van der Waals surface area (Å²) in [6, 6.07) is 0.105. The first-order valence-electron chi connectivity index (χ1n) is 10.6. The lowest BCUT2D eigenvalue weighted by atomic mass is 9.96. The molecule has 1 aliphatic carbocycles. The van der Waals surface area contributed by atoms with Crippen molar-refractivity contribution < 1.29 is 14.3 Å². The average molecular weight is 368 g/mol. The molecule has 2 fully saturated rings. The summed E-state index contributed by atoms with van der Waals surface area (Å²) in [5.74, 6) is 0.174. The molecule has 6 heteroatoms.